The van der Waals surface area contributed by atoms with Crippen LogP contribution in [0.4, 0.5) is 0 Å². The van der Waals surface area contributed by atoms with E-state index in [4.69, 9.17) is 0 Å². The number of nitrogens with zero attached hydrogens (tertiary/aromatic N) is 2. The van der Waals surface area contributed by atoms with Crippen molar-refractivity contribution in [2.75, 3.05) is 19.6 Å². The van der Waals surface area contributed by atoms with Gasteiger partial charge in [0.15, 0.2) is 0 Å². The first-order valence-corrected chi connectivity index (χ1v) is 8.60. The van der Waals surface area contributed by atoms with Crippen molar-refractivity contribution in [3.63, 3.8) is 0 Å². The predicted molar refractivity (Wildman–Crippen MR) is 90.0 cm³/mol. The summed E-state index contributed by atoms with van der Waals surface area (Å²) in [7, 11) is 0. The third kappa shape index (κ3) is 2.87. The quantitative estimate of drug-likeness (QED) is 0.861. The molecule has 1 atom stereocenters. The fourth-order valence-corrected chi connectivity index (χ4v) is 3.86. The molecular formula is C19H26N2O2. The van der Waals surface area contributed by atoms with Crippen molar-refractivity contribution in [3.8, 4) is 0 Å². The minimum absolute atomic E-state index is 0.00560. The first-order valence-electron chi connectivity index (χ1n) is 8.60. The average molecular weight is 314 g/mol. The number of hydrogen-bond donors (Lipinski definition) is 0. The zero-order valence-corrected chi connectivity index (χ0v) is 14.3. The summed E-state index contributed by atoms with van der Waals surface area (Å²) in [5.74, 6) is 0.191. The molecule has 23 heavy (non-hydrogen) atoms. The van der Waals surface area contributed by atoms with Crippen molar-refractivity contribution >= 4 is 11.8 Å². The molecule has 0 bridgehead atoms. The van der Waals surface area contributed by atoms with E-state index < -0.39 is 0 Å². The molecule has 1 fully saturated rings. The van der Waals surface area contributed by atoms with E-state index in [9.17, 15) is 9.59 Å². The number of unbranched alkanes of at least 4 members (excludes halogenated alkanes) is 1. The third-order valence-corrected chi connectivity index (χ3v) is 5.13. The highest BCUT2D eigenvalue weighted by atomic mass is 16.2. The van der Waals surface area contributed by atoms with Gasteiger partial charge in [0.25, 0.3) is 0 Å². The van der Waals surface area contributed by atoms with E-state index in [0.29, 0.717) is 13.0 Å². The Kier molecular flexibility index (Phi) is 4.17. The number of amides is 2. The average Bonchev–Trinajstić information content (AvgIpc) is 2.53. The van der Waals surface area contributed by atoms with Gasteiger partial charge >= 0.3 is 0 Å². The van der Waals surface area contributed by atoms with E-state index in [1.165, 1.54) is 11.1 Å². The maximum atomic E-state index is 12.6. The number of fused-ring (bicyclic) bond motifs is 3. The smallest absolute Gasteiger partial charge is 0.242 e. The first kappa shape index (κ1) is 16.0. The van der Waals surface area contributed by atoms with Crippen LogP contribution in [0.3, 0.4) is 0 Å². The molecule has 124 valence electrons. The Morgan fingerprint density at radius 1 is 1.30 bits per heavy atom. The largest absolute Gasteiger partial charge is 0.331 e. The Balaban J connectivity index is 1.90. The minimum atomic E-state index is -0.0445. The molecule has 0 aliphatic carbocycles. The van der Waals surface area contributed by atoms with Crippen LogP contribution in [0.5, 0.6) is 0 Å². The maximum Gasteiger partial charge on any atom is 0.242 e. The molecule has 1 unspecified atom stereocenters. The molecule has 1 aromatic carbocycles. The third-order valence-electron chi connectivity index (χ3n) is 5.13. The van der Waals surface area contributed by atoms with Gasteiger partial charge in [0.1, 0.15) is 0 Å². The highest BCUT2D eigenvalue weighted by molar-refractivity contribution is 5.87. The second-order valence-electron chi connectivity index (χ2n) is 7.39. The summed E-state index contributed by atoms with van der Waals surface area (Å²) in [6.07, 6.45) is 2.44. The predicted octanol–water partition coefficient (Wildman–Crippen LogP) is 2.88. The van der Waals surface area contributed by atoms with Crippen LogP contribution in [0, 0.1) is 0 Å². The van der Waals surface area contributed by atoms with Crippen molar-refractivity contribution in [2.24, 2.45) is 0 Å². The highest BCUT2D eigenvalue weighted by Gasteiger charge is 2.43. The molecule has 0 spiro atoms. The van der Waals surface area contributed by atoms with Crippen LogP contribution in [0.2, 0.25) is 0 Å². The molecule has 4 nitrogen and oxygen atoms in total. The van der Waals surface area contributed by atoms with E-state index in [-0.39, 0.29) is 29.8 Å². The molecule has 4 heteroatoms. The van der Waals surface area contributed by atoms with Crippen LogP contribution in [0.15, 0.2) is 24.3 Å². The fraction of sp³-hybridized carbons (Fsp3) is 0.579. The lowest BCUT2D eigenvalue weighted by atomic mass is 9.75. The summed E-state index contributed by atoms with van der Waals surface area (Å²) in [5.41, 5.74) is 2.46. The van der Waals surface area contributed by atoms with Crippen molar-refractivity contribution < 1.29 is 9.59 Å². The van der Waals surface area contributed by atoms with Gasteiger partial charge in [-0.1, -0.05) is 51.5 Å². The van der Waals surface area contributed by atoms with Gasteiger partial charge in [-0.05, 0) is 17.5 Å². The van der Waals surface area contributed by atoms with Gasteiger partial charge in [0.2, 0.25) is 11.8 Å². The number of benzene rings is 1. The summed E-state index contributed by atoms with van der Waals surface area (Å²) in [4.78, 5) is 28.8. The van der Waals surface area contributed by atoms with Crippen LogP contribution in [-0.4, -0.2) is 41.2 Å². The second-order valence-corrected chi connectivity index (χ2v) is 7.39. The summed E-state index contributed by atoms with van der Waals surface area (Å²) in [5, 5.41) is 0. The molecule has 2 aliphatic rings. The van der Waals surface area contributed by atoms with Crippen LogP contribution < -0.4 is 0 Å². The summed E-state index contributed by atoms with van der Waals surface area (Å²) >= 11 is 0. The summed E-state index contributed by atoms with van der Waals surface area (Å²) in [6, 6.07) is 8.37. The van der Waals surface area contributed by atoms with Crippen LogP contribution in [-0.2, 0) is 15.0 Å². The van der Waals surface area contributed by atoms with Gasteiger partial charge in [0, 0.05) is 24.9 Å². The van der Waals surface area contributed by atoms with E-state index in [1.807, 2.05) is 11.0 Å². The Hall–Kier alpha value is -1.84. The topological polar surface area (TPSA) is 40.6 Å². The van der Waals surface area contributed by atoms with E-state index in [0.717, 1.165) is 19.4 Å². The van der Waals surface area contributed by atoms with Gasteiger partial charge in [-0.25, -0.2) is 0 Å². The van der Waals surface area contributed by atoms with Gasteiger partial charge in [-0.3, -0.25) is 9.59 Å². The minimum Gasteiger partial charge on any atom is -0.331 e. The lowest BCUT2D eigenvalue weighted by Gasteiger charge is -2.49. The highest BCUT2D eigenvalue weighted by Crippen LogP contribution is 2.41. The van der Waals surface area contributed by atoms with Gasteiger partial charge in [0.05, 0.1) is 12.6 Å². The molecule has 0 N–H and O–H groups in total. The lowest BCUT2D eigenvalue weighted by Crippen LogP contribution is -2.58. The molecule has 2 aliphatic heterocycles. The van der Waals surface area contributed by atoms with Crippen molar-refractivity contribution in [1.29, 1.82) is 0 Å². The van der Waals surface area contributed by atoms with Gasteiger partial charge < -0.3 is 9.80 Å². The van der Waals surface area contributed by atoms with E-state index >= 15 is 0 Å². The molecule has 0 radical (unpaired) electrons. The second kappa shape index (κ2) is 5.99. The number of carbonyl (C=O) groups excluding carboxylic acids is 2. The maximum absolute atomic E-state index is 12.6. The summed E-state index contributed by atoms with van der Waals surface area (Å²) in [6.45, 7) is 8.04. The Labute approximate surface area is 138 Å². The van der Waals surface area contributed by atoms with E-state index in [1.54, 1.807) is 4.90 Å². The van der Waals surface area contributed by atoms with Gasteiger partial charge in [-0.15, -0.1) is 0 Å². The monoisotopic (exact) mass is 314 g/mol. The zero-order chi connectivity index (χ0) is 16.6. The Morgan fingerprint density at radius 3 is 2.78 bits per heavy atom. The zero-order valence-electron chi connectivity index (χ0n) is 14.3. The first-order chi connectivity index (χ1) is 10.9. The molecule has 3 rings (SSSR count). The number of carbonyl (C=O) groups is 2. The molecule has 0 aromatic heterocycles. The van der Waals surface area contributed by atoms with Crippen molar-refractivity contribution in [3.05, 3.63) is 35.4 Å². The normalized spacial score (nSPS) is 22.6. The number of rotatable bonds is 3. The van der Waals surface area contributed by atoms with Gasteiger partial charge in [-0.2, -0.15) is 0 Å². The molecule has 1 saturated heterocycles. The summed E-state index contributed by atoms with van der Waals surface area (Å²) < 4.78 is 0. The molecule has 2 amide bonds. The SMILES string of the molecule is CCCCC(=O)N1CC(=O)N2CC(C)(C)c3ccccc3C2C1. The van der Waals surface area contributed by atoms with Crippen LogP contribution in [0.1, 0.15) is 57.2 Å². The van der Waals surface area contributed by atoms with Crippen molar-refractivity contribution in [1.82, 2.24) is 9.80 Å². The molecule has 0 saturated carbocycles. The number of piperazine rings is 1. The molecule has 2 heterocycles. The van der Waals surface area contributed by atoms with E-state index in [2.05, 4.69) is 39.0 Å². The van der Waals surface area contributed by atoms with Crippen LogP contribution in [0.25, 0.3) is 0 Å². The Morgan fingerprint density at radius 2 is 2.04 bits per heavy atom. The molecule has 1 aromatic rings. The van der Waals surface area contributed by atoms with Crippen molar-refractivity contribution in [2.45, 2.75) is 51.5 Å². The Bertz CT molecular complexity index is 624. The standard InChI is InChI=1S/C19H26N2O2/c1-4-5-10-17(22)20-11-16-14-8-6-7-9-15(14)19(2,3)13-21(16)18(23)12-20/h6-9,16H,4-5,10-13H2,1-3H3. The van der Waals surface area contributed by atoms with Crippen LogP contribution >= 0.6 is 0 Å². The number of hydrogen-bond acceptors (Lipinski definition) is 2. The fourth-order valence-electron chi connectivity index (χ4n) is 3.86. The molecular weight excluding hydrogens is 288 g/mol. The lowest BCUT2D eigenvalue weighted by molar-refractivity contribution is -0.150.